The van der Waals surface area contributed by atoms with E-state index in [1.54, 1.807) is 0 Å². The second kappa shape index (κ2) is 2.88. The number of hydrogen-bond acceptors (Lipinski definition) is 2. The standard InChI is InChI=1S/C11H17NO/c1-8-3-6-10(13-8)11(2,7-12)9-4-5-9/h3,6,9H,4-5,7,12H2,1-2H3. The number of rotatable bonds is 3. The van der Waals surface area contributed by atoms with Crippen molar-refractivity contribution in [2.24, 2.45) is 11.7 Å². The number of hydrogen-bond donors (Lipinski definition) is 1. The molecule has 1 aliphatic rings. The molecule has 0 spiro atoms. The summed E-state index contributed by atoms with van der Waals surface area (Å²) in [4.78, 5) is 0. The quantitative estimate of drug-likeness (QED) is 0.772. The van der Waals surface area contributed by atoms with Crippen LogP contribution in [0.4, 0.5) is 0 Å². The molecule has 1 unspecified atom stereocenters. The number of aryl methyl sites for hydroxylation is 1. The van der Waals surface area contributed by atoms with E-state index >= 15 is 0 Å². The lowest BCUT2D eigenvalue weighted by molar-refractivity contribution is 0.322. The predicted octanol–water partition coefficient (Wildman–Crippen LogP) is 2.21. The van der Waals surface area contributed by atoms with Crippen molar-refractivity contribution in [3.05, 3.63) is 23.7 Å². The van der Waals surface area contributed by atoms with Gasteiger partial charge in [0, 0.05) is 12.0 Å². The molecule has 72 valence electrons. The first kappa shape index (κ1) is 8.82. The molecule has 1 aliphatic carbocycles. The largest absolute Gasteiger partial charge is 0.466 e. The molecule has 0 aromatic carbocycles. The summed E-state index contributed by atoms with van der Waals surface area (Å²) in [5.41, 5.74) is 5.91. The fourth-order valence-corrected chi connectivity index (χ4v) is 1.93. The number of nitrogens with two attached hydrogens (primary N) is 1. The molecule has 1 atom stereocenters. The molecule has 2 rings (SSSR count). The van der Waals surface area contributed by atoms with Gasteiger partial charge in [-0.1, -0.05) is 6.92 Å². The first-order valence-electron chi connectivity index (χ1n) is 4.94. The molecule has 1 aromatic heterocycles. The van der Waals surface area contributed by atoms with Gasteiger partial charge in [0.05, 0.1) is 0 Å². The minimum atomic E-state index is 0.0776. The molecule has 1 aromatic rings. The maximum Gasteiger partial charge on any atom is 0.111 e. The summed E-state index contributed by atoms with van der Waals surface area (Å²) in [6.07, 6.45) is 2.60. The van der Waals surface area contributed by atoms with E-state index in [2.05, 4.69) is 13.0 Å². The average Bonchev–Trinajstić information content (AvgIpc) is 2.89. The summed E-state index contributed by atoms with van der Waals surface area (Å²) >= 11 is 0. The molecule has 2 heteroatoms. The summed E-state index contributed by atoms with van der Waals surface area (Å²) in [5.74, 6) is 2.79. The maximum absolute atomic E-state index is 5.83. The molecule has 0 radical (unpaired) electrons. The molecule has 0 bridgehead atoms. The van der Waals surface area contributed by atoms with Crippen LogP contribution in [0, 0.1) is 12.8 Å². The molecule has 13 heavy (non-hydrogen) atoms. The Morgan fingerprint density at radius 2 is 2.23 bits per heavy atom. The van der Waals surface area contributed by atoms with Crippen molar-refractivity contribution < 1.29 is 4.42 Å². The van der Waals surface area contributed by atoms with E-state index in [1.807, 2.05) is 13.0 Å². The van der Waals surface area contributed by atoms with Crippen molar-refractivity contribution in [3.63, 3.8) is 0 Å². The van der Waals surface area contributed by atoms with Gasteiger partial charge in [-0.25, -0.2) is 0 Å². The van der Waals surface area contributed by atoms with Crippen molar-refractivity contribution in [1.82, 2.24) is 0 Å². The summed E-state index contributed by atoms with van der Waals surface area (Å²) in [7, 11) is 0. The Kier molecular flexibility index (Phi) is 1.95. The summed E-state index contributed by atoms with van der Waals surface area (Å²) < 4.78 is 5.66. The van der Waals surface area contributed by atoms with Gasteiger partial charge in [-0.15, -0.1) is 0 Å². The van der Waals surface area contributed by atoms with Gasteiger partial charge in [-0.2, -0.15) is 0 Å². The highest BCUT2D eigenvalue weighted by Gasteiger charge is 2.43. The fraction of sp³-hybridized carbons (Fsp3) is 0.636. The van der Waals surface area contributed by atoms with Crippen LogP contribution in [-0.4, -0.2) is 6.54 Å². The minimum Gasteiger partial charge on any atom is -0.466 e. The van der Waals surface area contributed by atoms with Crippen molar-refractivity contribution in [2.45, 2.75) is 32.1 Å². The topological polar surface area (TPSA) is 39.2 Å². The van der Waals surface area contributed by atoms with Gasteiger partial charge in [0.15, 0.2) is 0 Å². The van der Waals surface area contributed by atoms with Crippen LogP contribution in [0.5, 0.6) is 0 Å². The van der Waals surface area contributed by atoms with Gasteiger partial charge in [0.1, 0.15) is 11.5 Å². The average molecular weight is 179 g/mol. The third-order valence-corrected chi connectivity index (χ3v) is 3.21. The van der Waals surface area contributed by atoms with Crippen molar-refractivity contribution in [2.75, 3.05) is 6.54 Å². The highest BCUT2D eigenvalue weighted by atomic mass is 16.3. The Morgan fingerprint density at radius 3 is 2.62 bits per heavy atom. The molecule has 0 saturated heterocycles. The lowest BCUT2D eigenvalue weighted by atomic mass is 9.82. The summed E-state index contributed by atoms with van der Waals surface area (Å²) in [6, 6.07) is 4.09. The highest BCUT2D eigenvalue weighted by molar-refractivity contribution is 5.20. The Labute approximate surface area is 79.1 Å². The van der Waals surface area contributed by atoms with Crippen LogP contribution < -0.4 is 5.73 Å². The van der Waals surface area contributed by atoms with E-state index in [-0.39, 0.29) is 5.41 Å². The number of furan rings is 1. The van der Waals surface area contributed by atoms with Crippen LogP contribution in [0.25, 0.3) is 0 Å². The Morgan fingerprint density at radius 1 is 1.54 bits per heavy atom. The van der Waals surface area contributed by atoms with Gasteiger partial charge in [-0.3, -0.25) is 0 Å². The van der Waals surface area contributed by atoms with E-state index < -0.39 is 0 Å². The second-order valence-corrected chi connectivity index (χ2v) is 4.31. The lowest BCUT2D eigenvalue weighted by Crippen LogP contribution is -2.33. The van der Waals surface area contributed by atoms with Crippen LogP contribution in [0.2, 0.25) is 0 Å². The first-order chi connectivity index (χ1) is 6.16. The molecule has 1 heterocycles. The van der Waals surface area contributed by atoms with Crippen LogP contribution in [0.15, 0.2) is 16.5 Å². The van der Waals surface area contributed by atoms with E-state index in [9.17, 15) is 0 Å². The van der Waals surface area contributed by atoms with Crippen molar-refractivity contribution >= 4 is 0 Å². The van der Waals surface area contributed by atoms with Crippen LogP contribution in [-0.2, 0) is 5.41 Å². The van der Waals surface area contributed by atoms with Gasteiger partial charge < -0.3 is 10.2 Å². The molecule has 2 nitrogen and oxygen atoms in total. The summed E-state index contributed by atoms with van der Waals surface area (Å²) in [5, 5.41) is 0. The molecule has 1 saturated carbocycles. The maximum atomic E-state index is 5.83. The monoisotopic (exact) mass is 179 g/mol. The Bertz CT molecular complexity index is 301. The smallest absolute Gasteiger partial charge is 0.111 e. The molecular weight excluding hydrogens is 162 g/mol. The zero-order valence-corrected chi connectivity index (χ0v) is 8.34. The predicted molar refractivity (Wildman–Crippen MR) is 52.6 cm³/mol. The van der Waals surface area contributed by atoms with E-state index in [4.69, 9.17) is 10.2 Å². The minimum absolute atomic E-state index is 0.0776. The van der Waals surface area contributed by atoms with Crippen LogP contribution in [0.1, 0.15) is 31.3 Å². The molecule has 0 aliphatic heterocycles. The van der Waals surface area contributed by atoms with E-state index in [1.165, 1.54) is 12.8 Å². The van der Waals surface area contributed by atoms with Gasteiger partial charge >= 0.3 is 0 Å². The van der Waals surface area contributed by atoms with Crippen molar-refractivity contribution in [1.29, 1.82) is 0 Å². The Hall–Kier alpha value is -0.760. The van der Waals surface area contributed by atoms with E-state index in [0.717, 1.165) is 17.4 Å². The SMILES string of the molecule is Cc1ccc(C(C)(CN)C2CC2)o1. The van der Waals surface area contributed by atoms with Gasteiger partial charge in [0.25, 0.3) is 0 Å². The fourth-order valence-electron chi connectivity index (χ4n) is 1.93. The first-order valence-corrected chi connectivity index (χ1v) is 4.94. The highest BCUT2D eigenvalue weighted by Crippen LogP contribution is 2.46. The second-order valence-electron chi connectivity index (χ2n) is 4.31. The van der Waals surface area contributed by atoms with Gasteiger partial charge in [0.2, 0.25) is 0 Å². The van der Waals surface area contributed by atoms with Crippen LogP contribution >= 0.6 is 0 Å². The zero-order valence-electron chi connectivity index (χ0n) is 8.34. The normalized spacial score (nSPS) is 21.5. The van der Waals surface area contributed by atoms with E-state index in [0.29, 0.717) is 6.54 Å². The van der Waals surface area contributed by atoms with Gasteiger partial charge in [-0.05, 0) is 37.8 Å². The molecule has 1 fully saturated rings. The lowest BCUT2D eigenvalue weighted by Gasteiger charge is -2.25. The third kappa shape index (κ3) is 1.39. The third-order valence-electron chi connectivity index (χ3n) is 3.21. The Balaban J connectivity index is 2.29. The zero-order chi connectivity index (χ0) is 9.47. The summed E-state index contributed by atoms with van der Waals surface area (Å²) in [6.45, 7) is 4.88. The van der Waals surface area contributed by atoms with Crippen LogP contribution in [0.3, 0.4) is 0 Å². The van der Waals surface area contributed by atoms with Crippen molar-refractivity contribution in [3.8, 4) is 0 Å². The molecule has 0 amide bonds. The molecular formula is C11H17NO. The molecule has 2 N–H and O–H groups in total.